The highest BCUT2D eigenvalue weighted by molar-refractivity contribution is 9.10. The molecule has 3 aliphatic heterocycles. The smallest absolute Gasteiger partial charge is 0.330 e. The molecule has 3 saturated heterocycles. The van der Waals surface area contributed by atoms with Crippen LogP contribution in [-0.2, 0) is 23.7 Å². The van der Waals surface area contributed by atoms with Crippen LogP contribution in [0.2, 0.25) is 0 Å². The Labute approximate surface area is 232 Å². The van der Waals surface area contributed by atoms with Gasteiger partial charge < -0.3 is 69.6 Å². The molecule has 0 radical (unpaired) electrons. The number of halogens is 1. The van der Waals surface area contributed by atoms with Crippen LogP contribution in [0.5, 0.6) is 0 Å². The molecule has 0 amide bonds. The molecule has 1 aromatic heterocycles. The van der Waals surface area contributed by atoms with Gasteiger partial charge in [-0.25, -0.2) is 4.79 Å². The Hall–Kier alpha value is -1.40. The molecule has 0 unspecified atom stereocenters. The molecule has 0 bridgehead atoms. The molecule has 0 saturated carbocycles. The normalized spacial score (nSPS) is 44.1. The number of aliphatic hydroxyl groups excluding tert-OH is 9. The van der Waals surface area contributed by atoms with Crippen LogP contribution < -0.4 is 11.2 Å². The predicted octanol–water partition coefficient (Wildman–Crippen LogP) is -6.44. The summed E-state index contributed by atoms with van der Waals surface area (Å²) in [6.45, 7) is -2.31. The van der Waals surface area contributed by atoms with Crippen LogP contribution >= 0.6 is 15.9 Å². The molecule has 228 valence electrons. The maximum absolute atomic E-state index is 12.3. The van der Waals surface area contributed by atoms with Gasteiger partial charge in [-0.15, -0.1) is 0 Å². The first-order chi connectivity index (χ1) is 18.9. The molecule has 18 nitrogen and oxygen atoms in total. The first kappa shape index (κ1) is 31.5. The number of aromatic amines is 1. The Morgan fingerprint density at radius 2 is 1.23 bits per heavy atom. The molecule has 40 heavy (non-hydrogen) atoms. The van der Waals surface area contributed by atoms with Gasteiger partial charge in [0.1, 0.15) is 67.1 Å². The fraction of sp³-hybridized carbons (Fsp3) is 0.810. The Kier molecular flexibility index (Phi) is 10.1. The molecule has 3 fully saturated rings. The van der Waals surface area contributed by atoms with Gasteiger partial charge >= 0.3 is 5.69 Å². The highest BCUT2D eigenvalue weighted by Crippen LogP contribution is 2.35. The van der Waals surface area contributed by atoms with E-state index in [4.69, 9.17) is 23.7 Å². The van der Waals surface area contributed by atoms with Crippen molar-refractivity contribution in [1.82, 2.24) is 9.55 Å². The summed E-state index contributed by atoms with van der Waals surface area (Å²) in [6.07, 6.45) is -21.8. The maximum Gasteiger partial charge on any atom is 0.330 e. The van der Waals surface area contributed by atoms with Crippen LogP contribution in [-0.4, -0.2) is 155 Å². The summed E-state index contributed by atoms with van der Waals surface area (Å²) in [6, 6.07) is 0. The van der Waals surface area contributed by atoms with E-state index in [9.17, 15) is 55.5 Å². The molecule has 14 atom stereocenters. The van der Waals surface area contributed by atoms with E-state index in [1.165, 1.54) is 0 Å². The van der Waals surface area contributed by atoms with E-state index in [0.717, 1.165) is 10.8 Å². The summed E-state index contributed by atoms with van der Waals surface area (Å²) in [4.78, 5) is 25.9. The Morgan fingerprint density at radius 1 is 0.725 bits per heavy atom. The topological polar surface area (TPSA) is 283 Å². The predicted molar refractivity (Wildman–Crippen MR) is 127 cm³/mol. The molecule has 0 spiro atoms. The molecule has 19 heteroatoms. The van der Waals surface area contributed by atoms with Crippen molar-refractivity contribution in [2.45, 2.75) is 86.0 Å². The van der Waals surface area contributed by atoms with E-state index in [0.29, 0.717) is 0 Å². The fourth-order valence-electron chi connectivity index (χ4n) is 4.74. The lowest BCUT2D eigenvalue weighted by Gasteiger charge is -2.46. The van der Waals surface area contributed by atoms with Crippen LogP contribution in [0.15, 0.2) is 20.3 Å². The summed E-state index contributed by atoms with van der Waals surface area (Å²) < 4.78 is 28.2. The number of aliphatic hydroxyl groups is 9. The van der Waals surface area contributed by atoms with Crippen LogP contribution in [0.3, 0.4) is 0 Å². The molecule has 4 heterocycles. The fourth-order valence-corrected chi connectivity index (χ4v) is 5.06. The van der Waals surface area contributed by atoms with E-state index >= 15 is 0 Å². The molecule has 0 aliphatic carbocycles. The first-order valence-corrected chi connectivity index (χ1v) is 12.9. The van der Waals surface area contributed by atoms with Gasteiger partial charge in [0.25, 0.3) is 5.56 Å². The quantitative estimate of drug-likeness (QED) is 0.126. The zero-order valence-electron chi connectivity index (χ0n) is 20.5. The number of nitrogens with zero attached hydrogens (tertiary/aromatic N) is 1. The second kappa shape index (κ2) is 12.9. The van der Waals surface area contributed by atoms with E-state index in [2.05, 4.69) is 15.9 Å². The molecular formula is C21H31BrN2O16. The second-order valence-electron chi connectivity index (χ2n) is 9.49. The van der Waals surface area contributed by atoms with Crippen molar-refractivity contribution in [2.24, 2.45) is 0 Å². The minimum atomic E-state index is -1.92. The van der Waals surface area contributed by atoms with Crippen molar-refractivity contribution < 1.29 is 69.6 Å². The molecule has 1 aromatic rings. The SMILES string of the molecule is O=c1[nH]c(=O)n([C@@H]2O[C@H](CO)[C@@H](O[C@@H]3O[C@H](CO)[C@H](O[C@@H]4O[C@H](CO)[C@H](O)[C@H](O)[C@H]4O)[C@H](O)[C@H]3O)[C@H]2O)cc1Br. The summed E-state index contributed by atoms with van der Waals surface area (Å²) in [5, 5.41) is 91.6. The number of aromatic nitrogens is 2. The van der Waals surface area contributed by atoms with Gasteiger partial charge in [0.15, 0.2) is 18.8 Å². The number of ether oxygens (including phenoxy) is 5. The van der Waals surface area contributed by atoms with Crippen molar-refractivity contribution in [3.8, 4) is 0 Å². The summed E-state index contributed by atoms with van der Waals surface area (Å²) in [5.41, 5.74) is -1.67. The minimum absolute atomic E-state index is 0.0572. The van der Waals surface area contributed by atoms with Gasteiger partial charge in [-0.1, -0.05) is 0 Å². The lowest BCUT2D eigenvalue weighted by atomic mass is 9.97. The van der Waals surface area contributed by atoms with Crippen molar-refractivity contribution >= 4 is 15.9 Å². The molecule has 10 N–H and O–H groups in total. The zero-order valence-corrected chi connectivity index (χ0v) is 22.1. The first-order valence-electron chi connectivity index (χ1n) is 12.1. The monoisotopic (exact) mass is 646 g/mol. The van der Waals surface area contributed by atoms with Crippen molar-refractivity contribution in [3.05, 3.63) is 31.5 Å². The maximum atomic E-state index is 12.3. The summed E-state index contributed by atoms with van der Waals surface area (Å²) in [7, 11) is 0. The number of hydrogen-bond donors (Lipinski definition) is 10. The van der Waals surface area contributed by atoms with Gasteiger partial charge in [0.2, 0.25) is 0 Å². The largest absolute Gasteiger partial charge is 0.394 e. The third-order valence-corrected chi connectivity index (χ3v) is 7.50. The summed E-state index contributed by atoms with van der Waals surface area (Å²) >= 11 is 2.96. The van der Waals surface area contributed by atoms with E-state index in [1.54, 1.807) is 0 Å². The van der Waals surface area contributed by atoms with E-state index in [-0.39, 0.29) is 4.47 Å². The molecule has 0 aromatic carbocycles. The van der Waals surface area contributed by atoms with Gasteiger partial charge in [-0.3, -0.25) is 14.3 Å². The van der Waals surface area contributed by atoms with Crippen LogP contribution in [0, 0.1) is 0 Å². The number of hydrogen-bond acceptors (Lipinski definition) is 16. The Balaban J connectivity index is 1.49. The van der Waals surface area contributed by atoms with Crippen molar-refractivity contribution in [1.29, 1.82) is 0 Å². The van der Waals surface area contributed by atoms with Gasteiger partial charge in [-0.05, 0) is 15.9 Å². The second-order valence-corrected chi connectivity index (χ2v) is 10.3. The number of nitrogens with one attached hydrogen (secondary N) is 1. The van der Waals surface area contributed by atoms with Gasteiger partial charge in [0.05, 0.1) is 24.3 Å². The number of rotatable bonds is 8. The van der Waals surface area contributed by atoms with Crippen LogP contribution in [0.4, 0.5) is 0 Å². The number of H-pyrrole nitrogens is 1. The van der Waals surface area contributed by atoms with Gasteiger partial charge in [-0.2, -0.15) is 0 Å². The third-order valence-electron chi connectivity index (χ3n) is 6.94. The highest BCUT2D eigenvalue weighted by Gasteiger charge is 2.53. The van der Waals surface area contributed by atoms with Crippen LogP contribution in [0.1, 0.15) is 6.23 Å². The Morgan fingerprint density at radius 3 is 1.80 bits per heavy atom. The standard InChI is InChI=1S/C21H31BrN2O16/c22-5-1-24(21(35)23-17(5)34)18-14(33)16(7(3-26)36-18)40-20-13(32)11(30)15(8(4-27)38-20)39-19-12(31)10(29)9(28)6(2-25)37-19/h1,6-16,18-20,25-33H,2-4H2,(H,23,34,35)/t6-,7-,8-,9+,10+,11-,12-,13-,14-,15+,16-,18-,19+,20+/m1/s1. The summed E-state index contributed by atoms with van der Waals surface area (Å²) in [5.74, 6) is 0. The van der Waals surface area contributed by atoms with Gasteiger partial charge in [0, 0.05) is 6.20 Å². The van der Waals surface area contributed by atoms with Crippen LogP contribution in [0.25, 0.3) is 0 Å². The van der Waals surface area contributed by atoms with E-state index in [1.807, 2.05) is 4.98 Å². The lowest BCUT2D eigenvalue weighted by Crippen LogP contribution is -2.65. The molecular weight excluding hydrogens is 616 g/mol. The average molecular weight is 647 g/mol. The van der Waals surface area contributed by atoms with Crippen molar-refractivity contribution in [3.63, 3.8) is 0 Å². The zero-order chi connectivity index (χ0) is 29.5. The highest BCUT2D eigenvalue weighted by atomic mass is 79.9. The minimum Gasteiger partial charge on any atom is -0.394 e. The molecule has 3 aliphatic rings. The Bertz CT molecular complexity index is 1120. The average Bonchev–Trinajstić information content (AvgIpc) is 3.24. The van der Waals surface area contributed by atoms with Crippen molar-refractivity contribution in [2.75, 3.05) is 19.8 Å². The molecule has 4 rings (SSSR count). The lowest BCUT2D eigenvalue weighted by molar-refractivity contribution is -0.364. The third kappa shape index (κ3) is 5.91. The van der Waals surface area contributed by atoms with E-state index < -0.39 is 117 Å².